The fourth-order valence-electron chi connectivity index (χ4n) is 1.36. The minimum absolute atomic E-state index is 0.126. The first kappa shape index (κ1) is 13.6. The molecule has 0 aliphatic heterocycles. The van der Waals surface area contributed by atoms with Gasteiger partial charge >= 0.3 is 11.9 Å². The van der Waals surface area contributed by atoms with Crippen LogP contribution < -0.4 is 0 Å². The minimum Gasteiger partial charge on any atom is -0.477 e. The largest absolute Gasteiger partial charge is 0.477 e. The lowest BCUT2D eigenvalue weighted by Gasteiger charge is -2.06. The van der Waals surface area contributed by atoms with Crippen LogP contribution in [-0.2, 0) is 4.74 Å². The summed E-state index contributed by atoms with van der Waals surface area (Å²) in [6.45, 7) is 1.90. The molecule has 1 aromatic carbocycles. The molecule has 0 aliphatic carbocycles. The van der Waals surface area contributed by atoms with Crippen LogP contribution in [0.2, 0.25) is 0 Å². The van der Waals surface area contributed by atoms with Gasteiger partial charge in [-0.15, -0.1) is 0 Å². The molecule has 0 spiro atoms. The number of nitro groups is 1. The van der Waals surface area contributed by atoms with E-state index in [4.69, 9.17) is 9.84 Å². The standard InChI is InChI=1S/C11H11NO6/c1-2-6-18-11(15)7-4-3-5-8(12(16)17)9(7)10(13)14/h3-5H,2,6H2,1H3,(H,13,14). The van der Waals surface area contributed by atoms with Crippen molar-refractivity contribution in [3.05, 3.63) is 39.4 Å². The topological polar surface area (TPSA) is 107 Å². The number of carbonyl (C=O) groups is 2. The smallest absolute Gasteiger partial charge is 0.343 e. The number of hydrogen-bond acceptors (Lipinski definition) is 5. The van der Waals surface area contributed by atoms with Crippen LogP contribution in [0.5, 0.6) is 0 Å². The molecule has 0 saturated heterocycles. The molecule has 1 aromatic rings. The van der Waals surface area contributed by atoms with Gasteiger partial charge in [-0.3, -0.25) is 10.1 Å². The molecule has 96 valence electrons. The van der Waals surface area contributed by atoms with Crippen molar-refractivity contribution < 1.29 is 24.4 Å². The zero-order chi connectivity index (χ0) is 13.7. The van der Waals surface area contributed by atoms with Crippen LogP contribution in [0.4, 0.5) is 5.69 Å². The summed E-state index contributed by atoms with van der Waals surface area (Å²) in [5, 5.41) is 19.7. The summed E-state index contributed by atoms with van der Waals surface area (Å²) in [4.78, 5) is 32.5. The number of aromatic carboxylic acids is 1. The van der Waals surface area contributed by atoms with E-state index in [2.05, 4.69) is 0 Å². The van der Waals surface area contributed by atoms with Crippen LogP contribution in [0.3, 0.4) is 0 Å². The first-order valence-corrected chi connectivity index (χ1v) is 5.16. The van der Waals surface area contributed by atoms with Crippen LogP contribution in [0, 0.1) is 10.1 Å². The van der Waals surface area contributed by atoms with E-state index >= 15 is 0 Å². The highest BCUT2D eigenvalue weighted by atomic mass is 16.6. The Bertz CT molecular complexity index is 496. The van der Waals surface area contributed by atoms with Crippen molar-refractivity contribution in [3.63, 3.8) is 0 Å². The Labute approximate surface area is 102 Å². The molecule has 0 fully saturated rings. The van der Waals surface area contributed by atoms with Gasteiger partial charge in [0.1, 0.15) is 0 Å². The minimum atomic E-state index is -1.54. The number of carbonyl (C=O) groups excluding carboxylic acids is 1. The third kappa shape index (κ3) is 2.82. The number of hydrogen-bond donors (Lipinski definition) is 1. The Hall–Kier alpha value is -2.44. The fourth-order valence-corrected chi connectivity index (χ4v) is 1.36. The zero-order valence-corrected chi connectivity index (χ0v) is 9.58. The molecule has 7 nitrogen and oxygen atoms in total. The third-order valence-electron chi connectivity index (χ3n) is 2.11. The van der Waals surface area contributed by atoms with Crippen molar-refractivity contribution in [1.82, 2.24) is 0 Å². The normalized spacial score (nSPS) is 9.83. The molecule has 0 radical (unpaired) electrons. The van der Waals surface area contributed by atoms with Crippen molar-refractivity contribution in [2.45, 2.75) is 13.3 Å². The number of nitro benzene ring substituents is 1. The summed E-state index contributed by atoms with van der Waals surface area (Å²) in [5.74, 6) is -2.41. The van der Waals surface area contributed by atoms with Gasteiger partial charge in [0, 0.05) is 6.07 Å². The lowest BCUT2D eigenvalue weighted by atomic mass is 10.1. The van der Waals surface area contributed by atoms with Gasteiger partial charge in [-0.25, -0.2) is 9.59 Å². The van der Waals surface area contributed by atoms with Gasteiger partial charge in [0.25, 0.3) is 5.69 Å². The SMILES string of the molecule is CCCOC(=O)c1cccc([N+](=O)[O-])c1C(=O)O. The monoisotopic (exact) mass is 253 g/mol. The molecule has 18 heavy (non-hydrogen) atoms. The molecule has 0 bridgehead atoms. The van der Waals surface area contributed by atoms with E-state index in [1.807, 2.05) is 0 Å². The Kier molecular flexibility index (Phi) is 4.36. The first-order chi connectivity index (χ1) is 8.49. The van der Waals surface area contributed by atoms with Gasteiger partial charge in [-0.05, 0) is 12.5 Å². The summed E-state index contributed by atoms with van der Waals surface area (Å²) in [7, 11) is 0. The molecule has 1 N–H and O–H groups in total. The molecule has 0 heterocycles. The molecule has 7 heteroatoms. The molecule has 0 atom stereocenters. The average Bonchev–Trinajstić information content (AvgIpc) is 2.34. The highest BCUT2D eigenvalue weighted by Crippen LogP contribution is 2.23. The van der Waals surface area contributed by atoms with Crippen LogP contribution in [0.15, 0.2) is 18.2 Å². The molecule has 1 rings (SSSR count). The zero-order valence-electron chi connectivity index (χ0n) is 9.58. The predicted molar refractivity (Wildman–Crippen MR) is 60.6 cm³/mol. The quantitative estimate of drug-likeness (QED) is 0.487. The number of esters is 1. The van der Waals surface area contributed by atoms with E-state index in [-0.39, 0.29) is 12.2 Å². The van der Waals surface area contributed by atoms with Gasteiger partial charge < -0.3 is 9.84 Å². The highest BCUT2D eigenvalue weighted by molar-refractivity contribution is 6.05. The summed E-state index contributed by atoms with van der Waals surface area (Å²) in [5.41, 5.74) is -1.60. The fraction of sp³-hybridized carbons (Fsp3) is 0.273. The molecule has 0 amide bonds. The van der Waals surface area contributed by atoms with E-state index < -0.39 is 28.1 Å². The lowest BCUT2D eigenvalue weighted by Crippen LogP contribution is -2.14. The molecule has 0 unspecified atom stereocenters. The Balaban J connectivity index is 3.27. The summed E-state index contributed by atoms with van der Waals surface area (Å²) in [6, 6.07) is 3.46. The van der Waals surface area contributed by atoms with Crippen molar-refractivity contribution in [2.75, 3.05) is 6.61 Å². The van der Waals surface area contributed by atoms with Gasteiger partial charge in [-0.1, -0.05) is 13.0 Å². The lowest BCUT2D eigenvalue weighted by molar-refractivity contribution is -0.385. The Morgan fingerprint density at radius 2 is 2.11 bits per heavy atom. The summed E-state index contributed by atoms with van der Waals surface area (Å²) in [6.07, 6.45) is 0.572. The Morgan fingerprint density at radius 3 is 2.61 bits per heavy atom. The highest BCUT2D eigenvalue weighted by Gasteiger charge is 2.27. The number of ether oxygens (including phenoxy) is 1. The van der Waals surface area contributed by atoms with Gasteiger partial charge in [-0.2, -0.15) is 0 Å². The molecule has 0 saturated carbocycles. The Morgan fingerprint density at radius 1 is 1.44 bits per heavy atom. The van der Waals surface area contributed by atoms with Crippen molar-refractivity contribution >= 4 is 17.6 Å². The number of carboxylic acids is 1. The number of nitrogens with zero attached hydrogens (tertiary/aromatic N) is 1. The first-order valence-electron chi connectivity index (χ1n) is 5.16. The number of rotatable bonds is 5. The maximum Gasteiger partial charge on any atom is 0.343 e. The van der Waals surface area contributed by atoms with Crippen LogP contribution >= 0.6 is 0 Å². The summed E-state index contributed by atoms with van der Waals surface area (Å²) < 4.78 is 4.78. The third-order valence-corrected chi connectivity index (χ3v) is 2.11. The van der Waals surface area contributed by atoms with E-state index in [0.29, 0.717) is 6.42 Å². The maximum atomic E-state index is 11.6. The van der Waals surface area contributed by atoms with E-state index in [1.54, 1.807) is 6.92 Å². The van der Waals surface area contributed by atoms with Crippen molar-refractivity contribution in [1.29, 1.82) is 0 Å². The number of carboxylic acid groups (broad SMARTS) is 1. The van der Waals surface area contributed by atoms with Gasteiger partial charge in [0.15, 0.2) is 5.56 Å². The average molecular weight is 253 g/mol. The van der Waals surface area contributed by atoms with Crippen LogP contribution in [0.25, 0.3) is 0 Å². The van der Waals surface area contributed by atoms with E-state index in [0.717, 1.165) is 6.07 Å². The second-order valence-electron chi connectivity index (χ2n) is 3.40. The van der Waals surface area contributed by atoms with Crippen LogP contribution in [-0.4, -0.2) is 28.6 Å². The van der Waals surface area contributed by atoms with Crippen LogP contribution in [0.1, 0.15) is 34.1 Å². The maximum absolute atomic E-state index is 11.6. The second kappa shape index (κ2) is 5.76. The van der Waals surface area contributed by atoms with Crippen molar-refractivity contribution in [2.24, 2.45) is 0 Å². The predicted octanol–water partition coefficient (Wildman–Crippen LogP) is 1.86. The van der Waals surface area contributed by atoms with E-state index in [9.17, 15) is 19.7 Å². The second-order valence-corrected chi connectivity index (χ2v) is 3.40. The van der Waals surface area contributed by atoms with Gasteiger partial charge in [0.05, 0.1) is 17.1 Å². The molecular formula is C11H11NO6. The summed E-state index contributed by atoms with van der Waals surface area (Å²) >= 11 is 0. The molecule has 0 aliphatic rings. The number of benzene rings is 1. The van der Waals surface area contributed by atoms with Gasteiger partial charge in [0.2, 0.25) is 0 Å². The van der Waals surface area contributed by atoms with E-state index in [1.165, 1.54) is 12.1 Å². The van der Waals surface area contributed by atoms with Crippen molar-refractivity contribution in [3.8, 4) is 0 Å². The molecular weight excluding hydrogens is 242 g/mol. The molecule has 0 aromatic heterocycles.